The molecule has 1 aliphatic heterocycles. The van der Waals surface area contributed by atoms with E-state index in [2.05, 4.69) is 19.8 Å². The summed E-state index contributed by atoms with van der Waals surface area (Å²) in [5.74, 6) is 1.46. The molecule has 9 nitrogen and oxygen atoms in total. The molecule has 3 aromatic rings. The first-order valence-electron chi connectivity index (χ1n) is 8.24. The highest BCUT2D eigenvalue weighted by atomic mass is 32.2. The number of fused-ring (bicyclic) bond motifs is 1. The van der Waals surface area contributed by atoms with Gasteiger partial charge >= 0.3 is 0 Å². The third-order valence-corrected chi connectivity index (χ3v) is 5.25. The Kier molecular flexibility index (Phi) is 4.73. The van der Waals surface area contributed by atoms with E-state index >= 15 is 0 Å². The Bertz CT molecular complexity index is 1040. The monoisotopic (exact) mass is 388 g/mol. The largest absolute Gasteiger partial charge is 0.490 e. The molecule has 1 aromatic carbocycles. The molecule has 0 saturated heterocycles. The fourth-order valence-corrected chi connectivity index (χ4v) is 3.49. The van der Waals surface area contributed by atoms with Crippen molar-refractivity contribution in [3.8, 4) is 22.9 Å². The second-order valence-corrected chi connectivity index (χ2v) is 7.50. The molecule has 2 aromatic heterocycles. The molecule has 1 N–H and O–H groups in total. The van der Waals surface area contributed by atoms with Crippen LogP contribution in [-0.2, 0) is 16.6 Å². The molecular weight excluding hydrogens is 372 g/mol. The van der Waals surface area contributed by atoms with E-state index in [-0.39, 0.29) is 17.3 Å². The van der Waals surface area contributed by atoms with Gasteiger partial charge in [0.15, 0.2) is 11.5 Å². The van der Waals surface area contributed by atoms with E-state index in [0.717, 1.165) is 12.0 Å². The van der Waals surface area contributed by atoms with Gasteiger partial charge in [-0.2, -0.15) is 4.98 Å². The molecule has 0 aliphatic carbocycles. The predicted octanol–water partition coefficient (Wildman–Crippen LogP) is 1.77. The van der Waals surface area contributed by atoms with Gasteiger partial charge < -0.3 is 14.0 Å². The van der Waals surface area contributed by atoms with Crippen LogP contribution in [0, 0.1) is 0 Å². The van der Waals surface area contributed by atoms with Crippen molar-refractivity contribution in [2.45, 2.75) is 17.9 Å². The van der Waals surface area contributed by atoms with E-state index in [1.54, 1.807) is 30.6 Å². The number of ether oxygens (including phenoxy) is 2. The summed E-state index contributed by atoms with van der Waals surface area (Å²) in [5.41, 5.74) is 0.728. The van der Waals surface area contributed by atoms with Gasteiger partial charge in [-0.25, -0.2) is 13.1 Å². The maximum Gasteiger partial charge on any atom is 0.242 e. The summed E-state index contributed by atoms with van der Waals surface area (Å²) in [6, 6.07) is 7.96. The molecule has 4 rings (SSSR count). The van der Waals surface area contributed by atoms with Crippen molar-refractivity contribution >= 4 is 10.0 Å². The number of hydrogen-bond acceptors (Lipinski definition) is 8. The summed E-state index contributed by atoms with van der Waals surface area (Å²) >= 11 is 0. The predicted molar refractivity (Wildman–Crippen MR) is 93.6 cm³/mol. The van der Waals surface area contributed by atoms with Crippen LogP contribution < -0.4 is 14.2 Å². The molecular formula is C17H16N4O5S. The van der Waals surface area contributed by atoms with Crippen molar-refractivity contribution in [1.29, 1.82) is 0 Å². The smallest absolute Gasteiger partial charge is 0.242 e. The number of pyridine rings is 1. The Morgan fingerprint density at radius 2 is 1.81 bits per heavy atom. The summed E-state index contributed by atoms with van der Waals surface area (Å²) in [7, 11) is -3.78. The summed E-state index contributed by atoms with van der Waals surface area (Å²) in [5, 5.41) is 3.84. The molecule has 0 radical (unpaired) electrons. The SMILES string of the molecule is O=S(=O)(NCc1nc(-c2ccncc2)no1)c1ccc2c(c1)OCCCO2. The molecule has 0 saturated carbocycles. The Morgan fingerprint density at radius 1 is 1.04 bits per heavy atom. The highest BCUT2D eigenvalue weighted by molar-refractivity contribution is 7.89. The number of aromatic nitrogens is 3. The first-order valence-corrected chi connectivity index (χ1v) is 9.72. The summed E-state index contributed by atoms with van der Waals surface area (Å²) in [6.45, 7) is 0.882. The maximum atomic E-state index is 12.5. The molecule has 0 bridgehead atoms. The minimum atomic E-state index is -3.78. The van der Waals surface area contributed by atoms with Gasteiger partial charge in [0, 0.05) is 30.4 Å². The Morgan fingerprint density at radius 3 is 2.63 bits per heavy atom. The number of sulfonamides is 1. The second kappa shape index (κ2) is 7.33. The Labute approximate surface area is 155 Å². The zero-order valence-electron chi connectivity index (χ0n) is 14.2. The summed E-state index contributed by atoms with van der Waals surface area (Å²) < 4.78 is 43.7. The highest BCUT2D eigenvalue weighted by Gasteiger charge is 2.20. The molecule has 3 heterocycles. The number of nitrogens with zero attached hydrogens (tertiary/aromatic N) is 3. The fraction of sp³-hybridized carbons (Fsp3) is 0.235. The van der Waals surface area contributed by atoms with E-state index in [1.807, 2.05) is 0 Å². The van der Waals surface area contributed by atoms with Gasteiger partial charge in [-0.05, 0) is 24.3 Å². The lowest BCUT2D eigenvalue weighted by Crippen LogP contribution is -2.23. The summed E-state index contributed by atoms with van der Waals surface area (Å²) in [6.07, 6.45) is 3.96. The van der Waals surface area contributed by atoms with Crippen molar-refractivity contribution < 1.29 is 22.4 Å². The normalized spacial score (nSPS) is 13.9. The Balaban J connectivity index is 1.48. The zero-order valence-corrected chi connectivity index (χ0v) is 15.0. The van der Waals surface area contributed by atoms with Crippen molar-refractivity contribution in [3.05, 3.63) is 48.6 Å². The van der Waals surface area contributed by atoms with Crippen LogP contribution in [-0.4, -0.2) is 36.8 Å². The molecule has 0 spiro atoms. The van der Waals surface area contributed by atoms with Crippen LogP contribution in [0.3, 0.4) is 0 Å². The third-order valence-electron chi connectivity index (χ3n) is 3.85. The molecule has 0 fully saturated rings. The lowest BCUT2D eigenvalue weighted by molar-refractivity contribution is 0.297. The lowest BCUT2D eigenvalue weighted by atomic mass is 10.2. The topological polar surface area (TPSA) is 116 Å². The van der Waals surface area contributed by atoms with Crippen LogP contribution in [0.2, 0.25) is 0 Å². The fourth-order valence-electron chi connectivity index (χ4n) is 2.50. The second-order valence-electron chi connectivity index (χ2n) is 5.73. The van der Waals surface area contributed by atoms with Crippen LogP contribution >= 0.6 is 0 Å². The Hall–Kier alpha value is -2.98. The number of rotatable bonds is 5. The van der Waals surface area contributed by atoms with Crippen molar-refractivity contribution in [2.75, 3.05) is 13.2 Å². The third kappa shape index (κ3) is 3.91. The van der Waals surface area contributed by atoms with Gasteiger partial charge in [0.2, 0.25) is 21.7 Å². The lowest BCUT2D eigenvalue weighted by Gasteiger charge is -2.10. The first kappa shape index (κ1) is 17.4. The van der Waals surface area contributed by atoms with Crippen molar-refractivity contribution in [1.82, 2.24) is 19.8 Å². The van der Waals surface area contributed by atoms with E-state index in [4.69, 9.17) is 14.0 Å². The molecule has 140 valence electrons. The quantitative estimate of drug-likeness (QED) is 0.703. The van der Waals surface area contributed by atoms with Crippen molar-refractivity contribution in [3.63, 3.8) is 0 Å². The van der Waals surface area contributed by atoms with E-state index in [0.29, 0.717) is 30.5 Å². The van der Waals surface area contributed by atoms with Crippen LogP contribution in [0.5, 0.6) is 11.5 Å². The number of hydrogen-bond donors (Lipinski definition) is 1. The maximum absolute atomic E-state index is 12.5. The van der Waals surface area contributed by atoms with Crippen LogP contribution in [0.15, 0.2) is 52.1 Å². The summed E-state index contributed by atoms with van der Waals surface area (Å²) in [4.78, 5) is 8.17. The van der Waals surface area contributed by atoms with Crippen LogP contribution in [0.25, 0.3) is 11.4 Å². The number of benzene rings is 1. The zero-order chi connectivity index (χ0) is 18.7. The van der Waals surface area contributed by atoms with Gasteiger partial charge in [-0.15, -0.1) is 0 Å². The van der Waals surface area contributed by atoms with E-state index < -0.39 is 10.0 Å². The molecule has 10 heteroatoms. The van der Waals surface area contributed by atoms with Gasteiger partial charge in [0.1, 0.15) is 0 Å². The minimum Gasteiger partial charge on any atom is -0.490 e. The van der Waals surface area contributed by atoms with E-state index in [1.165, 1.54) is 12.1 Å². The van der Waals surface area contributed by atoms with Gasteiger partial charge in [-0.1, -0.05) is 5.16 Å². The van der Waals surface area contributed by atoms with Crippen LogP contribution in [0.1, 0.15) is 12.3 Å². The van der Waals surface area contributed by atoms with E-state index in [9.17, 15) is 8.42 Å². The molecule has 0 amide bonds. The van der Waals surface area contributed by atoms with Gasteiger partial charge in [0.25, 0.3) is 0 Å². The minimum absolute atomic E-state index is 0.0700. The average Bonchev–Trinajstić information content (AvgIpc) is 3.04. The van der Waals surface area contributed by atoms with Gasteiger partial charge in [-0.3, -0.25) is 4.98 Å². The number of nitrogens with one attached hydrogen (secondary N) is 1. The molecule has 0 atom stereocenters. The standard InChI is InChI=1S/C17H16N4O5S/c22-27(23,13-2-3-14-15(10-13)25-9-1-8-24-14)19-11-16-20-17(21-26-16)12-4-6-18-7-5-12/h2-7,10,19H,1,8-9,11H2. The molecule has 1 aliphatic rings. The first-order chi connectivity index (χ1) is 13.1. The average molecular weight is 388 g/mol. The van der Waals surface area contributed by atoms with Crippen LogP contribution in [0.4, 0.5) is 0 Å². The van der Waals surface area contributed by atoms with Crippen molar-refractivity contribution in [2.24, 2.45) is 0 Å². The molecule has 27 heavy (non-hydrogen) atoms. The molecule has 0 unspecified atom stereocenters. The van der Waals surface area contributed by atoms with Gasteiger partial charge in [0.05, 0.1) is 24.7 Å². The highest BCUT2D eigenvalue weighted by Crippen LogP contribution is 2.31.